The normalized spacial score (nSPS) is 11.3. The van der Waals surface area contributed by atoms with Crippen LogP contribution in [0.1, 0.15) is 18.1 Å². The van der Waals surface area contributed by atoms with Crippen molar-refractivity contribution in [3.05, 3.63) is 89.2 Å². The first-order chi connectivity index (χ1) is 12.5. The Balaban J connectivity index is 2.44. The fourth-order valence-electron chi connectivity index (χ4n) is 2.19. The summed E-state index contributed by atoms with van der Waals surface area (Å²) in [5.41, 5.74) is 0.111. The van der Waals surface area contributed by atoms with Gasteiger partial charge in [-0.2, -0.15) is 8.78 Å². The van der Waals surface area contributed by atoms with Gasteiger partial charge in [-0.3, -0.25) is 0 Å². The number of hydrogen-bond acceptors (Lipinski definition) is 4. The van der Waals surface area contributed by atoms with Crippen LogP contribution in [0.15, 0.2) is 78.1 Å². The van der Waals surface area contributed by atoms with Gasteiger partial charge in [-0.15, -0.1) is 0 Å². The summed E-state index contributed by atoms with van der Waals surface area (Å²) in [6.07, 6.45) is -2.23. The largest absolute Gasteiger partial charge is 0.506 e. The first kappa shape index (κ1) is 19.2. The monoisotopic (exact) mass is 360 g/mol. The van der Waals surface area contributed by atoms with Gasteiger partial charge in [-0.25, -0.2) is 4.79 Å². The lowest BCUT2D eigenvalue weighted by molar-refractivity contribution is -0.138. The van der Waals surface area contributed by atoms with Crippen molar-refractivity contribution in [2.24, 2.45) is 0 Å². The molecule has 0 heterocycles. The molecule has 2 aromatic carbocycles. The van der Waals surface area contributed by atoms with E-state index in [1.807, 2.05) is 0 Å². The molecule has 0 unspecified atom stereocenters. The molecule has 0 fully saturated rings. The van der Waals surface area contributed by atoms with Crippen molar-refractivity contribution in [3.8, 4) is 0 Å². The maximum absolute atomic E-state index is 13.5. The number of carbonyl (C=O) groups is 1. The van der Waals surface area contributed by atoms with E-state index < -0.39 is 29.1 Å². The molecule has 136 valence electrons. The van der Waals surface area contributed by atoms with Gasteiger partial charge in [0.1, 0.15) is 17.9 Å². The highest BCUT2D eigenvalue weighted by atomic mass is 19.3. The Bertz CT molecular complexity index is 795. The third-order valence-corrected chi connectivity index (χ3v) is 3.39. The fourth-order valence-corrected chi connectivity index (χ4v) is 2.19. The minimum Gasteiger partial charge on any atom is -0.506 e. The lowest BCUT2D eigenvalue weighted by atomic mass is 10.1. The molecule has 0 aliphatic heterocycles. The standard InChI is InChI=1S/C20H18F2O4/c1-2-25-20(24)16(17(23)15-11-7-4-8-12-15)18(19(21)22)26-13-14-9-5-3-6-10-14/h3-12,23H,2,13H2,1H3/b17-16-. The van der Waals surface area contributed by atoms with Gasteiger partial charge in [0.2, 0.25) is 5.76 Å². The number of esters is 1. The van der Waals surface area contributed by atoms with E-state index in [0.29, 0.717) is 5.56 Å². The van der Waals surface area contributed by atoms with E-state index in [1.54, 1.807) is 48.5 Å². The fraction of sp³-hybridized carbons (Fsp3) is 0.150. The van der Waals surface area contributed by atoms with Crippen LogP contribution in [0.5, 0.6) is 0 Å². The van der Waals surface area contributed by atoms with Gasteiger partial charge in [0.25, 0.3) is 0 Å². The Labute approximate surface area is 150 Å². The predicted octanol–water partition coefficient (Wildman–Crippen LogP) is 4.84. The Hall–Kier alpha value is -3.15. The predicted molar refractivity (Wildman–Crippen MR) is 93.1 cm³/mol. The first-order valence-corrected chi connectivity index (χ1v) is 7.92. The molecule has 0 saturated heterocycles. The van der Waals surface area contributed by atoms with Crippen LogP contribution in [-0.2, 0) is 20.9 Å². The molecule has 2 rings (SSSR count). The highest BCUT2D eigenvalue weighted by Gasteiger charge is 2.28. The molecule has 2 aromatic rings. The number of aliphatic hydroxyl groups is 1. The Morgan fingerprint density at radius 2 is 1.54 bits per heavy atom. The SMILES string of the molecule is CCOC(=O)/C(C(OCc1ccccc1)=C(F)F)=C(\O)c1ccccc1. The molecule has 0 amide bonds. The number of carbonyl (C=O) groups excluding carboxylic acids is 1. The van der Waals surface area contributed by atoms with Crippen LogP contribution in [0.3, 0.4) is 0 Å². The highest BCUT2D eigenvalue weighted by Crippen LogP contribution is 2.28. The van der Waals surface area contributed by atoms with Crippen LogP contribution < -0.4 is 0 Å². The molecule has 0 saturated carbocycles. The minimum atomic E-state index is -2.23. The summed E-state index contributed by atoms with van der Waals surface area (Å²) in [5, 5.41) is 10.4. The number of rotatable bonds is 7. The van der Waals surface area contributed by atoms with Crippen LogP contribution in [-0.4, -0.2) is 17.7 Å². The molecular weight excluding hydrogens is 342 g/mol. The molecule has 0 aliphatic carbocycles. The van der Waals surface area contributed by atoms with Crippen LogP contribution in [0.2, 0.25) is 0 Å². The summed E-state index contributed by atoms with van der Waals surface area (Å²) in [6.45, 7) is 1.30. The van der Waals surface area contributed by atoms with Crippen LogP contribution in [0.4, 0.5) is 8.78 Å². The summed E-state index contributed by atoms with van der Waals surface area (Å²) in [4.78, 5) is 12.2. The summed E-state index contributed by atoms with van der Waals surface area (Å²) in [7, 11) is 0. The summed E-state index contributed by atoms with van der Waals surface area (Å²) >= 11 is 0. The van der Waals surface area contributed by atoms with Gasteiger partial charge in [-0.1, -0.05) is 60.7 Å². The smallest absolute Gasteiger partial charge is 0.345 e. The van der Waals surface area contributed by atoms with E-state index in [9.17, 15) is 18.7 Å². The van der Waals surface area contributed by atoms with Crippen molar-refractivity contribution in [2.75, 3.05) is 6.61 Å². The summed E-state index contributed by atoms with van der Waals surface area (Å²) < 4.78 is 37.1. The molecular formula is C20H18F2O4. The third-order valence-electron chi connectivity index (χ3n) is 3.39. The molecule has 4 nitrogen and oxygen atoms in total. The van der Waals surface area contributed by atoms with E-state index in [4.69, 9.17) is 9.47 Å². The summed E-state index contributed by atoms with van der Waals surface area (Å²) in [5.74, 6) is -2.74. The van der Waals surface area contributed by atoms with E-state index in [0.717, 1.165) is 0 Å². The molecule has 6 heteroatoms. The molecule has 0 aromatic heterocycles. The van der Waals surface area contributed by atoms with Crippen molar-refractivity contribution in [3.63, 3.8) is 0 Å². The molecule has 0 bridgehead atoms. The number of aliphatic hydroxyl groups excluding tert-OH is 1. The van der Waals surface area contributed by atoms with Gasteiger partial charge in [-0.05, 0) is 12.5 Å². The quantitative estimate of drug-likeness (QED) is 0.332. The average Bonchev–Trinajstić information content (AvgIpc) is 2.66. The second kappa shape index (κ2) is 9.36. The maximum Gasteiger partial charge on any atom is 0.345 e. The zero-order valence-electron chi connectivity index (χ0n) is 14.1. The molecule has 26 heavy (non-hydrogen) atoms. The van der Waals surface area contributed by atoms with Gasteiger partial charge < -0.3 is 14.6 Å². The zero-order chi connectivity index (χ0) is 18.9. The zero-order valence-corrected chi connectivity index (χ0v) is 14.1. The van der Waals surface area contributed by atoms with E-state index in [-0.39, 0.29) is 18.8 Å². The van der Waals surface area contributed by atoms with E-state index in [1.165, 1.54) is 19.1 Å². The lowest BCUT2D eigenvalue weighted by Gasteiger charge is -2.14. The first-order valence-electron chi connectivity index (χ1n) is 7.92. The van der Waals surface area contributed by atoms with E-state index in [2.05, 4.69) is 0 Å². The Morgan fingerprint density at radius 1 is 0.962 bits per heavy atom. The van der Waals surface area contributed by atoms with Crippen LogP contribution in [0, 0.1) is 0 Å². The topological polar surface area (TPSA) is 55.8 Å². The number of ether oxygens (including phenoxy) is 2. The molecule has 0 aliphatic rings. The maximum atomic E-state index is 13.5. The van der Waals surface area contributed by atoms with Crippen molar-refractivity contribution in [1.29, 1.82) is 0 Å². The van der Waals surface area contributed by atoms with Gasteiger partial charge in [0, 0.05) is 5.56 Å². The highest BCUT2D eigenvalue weighted by molar-refractivity contribution is 6.00. The molecule has 0 spiro atoms. The van der Waals surface area contributed by atoms with Crippen molar-refractivity contribution >= 4 is 11.7 Å². The van der Waals surface area contributed by atoms with Crippen LogP contribution >= 0.6 is 0 Å². The Morgan fingerprint density at radius 3 is 2.08 bits per heavy atom. The van der Waals surface area contributed by atoms with E-state index >= 15 is 0 Å². The van der Waals surface area contributed by atoms with Crippen LogP contribution in [0.25, 0.3) is 5.76 Å². The average molecular weight is 360 g/mol. The molecule has 0 radical (unpaired) electrons. The second-order valence-electron chi connectivity index (χ2n) is 5.17. The third kappa shape index (κ3) is 4.92. The number of hydrogen-bond donors (Lipinski definition) is 1. The number of halogens is 2. The van der Waals surface area contributed by atoms with Crippen molar-refractivity contribution < 1.29 is 28.2 Å². The molecule has 1 N–H and O–H groups in total. The van der Waals surface area contributed by atoms with Crippen molar-refractivity contribution in [2.45, 2.75) is 13.5 Å². The molecule has 0 atom stereocenters. The van der Waals surface area contributed by atoms with Gasteiger partial charge in [0.05, 0.1) is 6.61 Å². The van der Waals surface area contributed by atoms with Crippen molar-refractivity contribution in [1.82, 2.24) is 0 Å². The second-order valence-corrected chi connectivity index (χ2v) is 5.17. The Kier molecular flexibility index (Phi) is 6.91. The van der Waals surface area contributed by atoms with Gasteiger partial charge in [0.15, 0.2) is 0 Å². The number of benzene rings is 2. The lowest BCUT2D eigenvalue weighted by Crippen LogP contribution is -2.14. The minimum absolute atomic E-state index is 0.0374. The summed E-state index contributed by atoms with van der Waals surface area (Å²) in [6, 6.07) is 16.5. The van der Waals surface area contributed by atoms with Gasteiger partial charge >= 0.3 is 12.0 Å².